The van der Waals surface area contributed by atoms with E-state index in [0.29, 0.717) is 26.2 Å². The lowest BCUT2D eigenvalue weighted by Gasteiger charge is -2.21. The summed E-state index contributed by atoms with van der Waals surface area (Å²) in [6.07, 6.45) is 5.16. The van der Waals surface area contributed by atoms with Gasteiger partial charge >= 0.3 is 0 Å². The second kappa shape index (κ2) is 16.4. The summed E-state index contributed by atoms with van der Waals surface area (Å²) < 4.78 is 5.92. The molecule has 0 aromatic heterocycles. The van der Waals surface area contributed by atoms with Crippen LogP contribution in [0.2, 0.25) is 0 Å². The molecule has 0 saturated heterocycles. The second-order valence-electron chi connectivity index (χ2n) is 8.04. The molecule has 0 aliphatic carbocycles. The molecule has 0 radical (unpaired) electrons. The minimum atomic E-state index is 0.142. The van der Waals surface area contributed by atoms with Crippen molar-refractivity contribution in [3.8, 4) is 5.75 Å². The summed E-state index contributed by atoms with van der Waals surface area (Å²) in [5, 5.41) is 3.25. The van der Waals surface area contributed by atoms with Crippen molar-refractivity contribution in [3.63, 3.8) is 0 Å². The van der Waals surface area contributed by atoms with Gasteiger partial charge in [0.05, 0.1) is 6.54 Å². The molecule has 176 valence electrons. The van der Waals surface area contributed by atoms with Gasteiger partial charge in [-0.1, -0.05) is 42.5 Å². The Morgan fingerprint density at radius 3 is 2.19 bits per heavy atom. The summed E-state index contributed by atoms with van der Waals surface area (Å²) >= 11 is 0. The summed E-state index contributed by atoms with van der Waals surface area (Å²) in [6, 6.07) is 17.8. The Morgan fingerprint density at radius 2 is 1.53 bits per heavy atom. The molecule has 6 heteroatoms. The van der Waals surface area contributed by atoms with Gasteiger partial charge in [0, 0.05) is 12.1 Å². The van der Waals surface area contributed by atoms with Crippen LogP contribution in [0.15, 0.2) is 54.6 Å². The van der Waals surface area contributed by atoms with Gasteiger partial charge in [0.25, 0.3) is 0 Å². The first-order chi connectivity index (χ1) is 15.7. The number of rotatable bonds is 18. The Balaban J connectivity index is 1.57. The van der Waals surface area contributed by atoms with Crippen LogP contribution < -0.4 is 21.5 Å². The van der Waals surface area contributed by atoms with Crippen molar-refractivity contribution >= 4 is 5.78 Å². The third-order valence-corrected chi connectivity index (χ3v) is 5.41. The lowest BCUT2D eigenvalue weighted by molar-refractivity contribution is 0.0991. The fraction of sp³-hybridized carbons (Fsp3) is 0.500. The molecule has 0 fully saturated rings. The molecule has 6 nitrogen and oxygen atoms in total. The van der Waals surface area contributed by atoms with E-state index in [1.54, 1.807) is 0 Å². The van der Waals surface area contributed by atoms with Gasteiger partial charge < -0.3 is 21.5 Å². The van der Waals surface area contributed by atoms with E-state index in [1.807, 2.05) is 30.3 Å². The average Bonchev–Trinajstić information content (AvgIpc) is 2.84. The Labute approximate surface area is 193 Å². The number of ketones is 1. The number of nitrogens with two attached hydrogens (primary N) is 2. The van der Waals surface area contributed by atoms with Crippen molar-refractivity contribution in [1.82, 2.24) is 10.2 Å². The van der Waals surface area contributed by atoms with Gasteiger partial charge in [-0.3, -0.25) is 9.69 Å². The number of nitrogens with zero attached hydrogens (tertiary/aromatic N) is 1. The van der Waals surface area contributed by atoms with Crippen molar-refractivity contribution in [2.24, 2.45) is 11.5 Å². The molecular formula is C26H40N4O2. The summed E-state index contributed by atoms with van der Waals surface area (Å²) in [4.78, 5) is 14.4. The molecule has 2 aromatic rings. The molecule has 0 saturated carbocycles. The molecule has 0 aliphatic rings. The molecular weight excluding hydrogens is 400 g/mol. The van der Waals surface area contributed by atoms with Crippen molar-refractivity contribution in [3.05, 3.63) is 65.7 Å². The minimum absolute atomic E-state index is 0.142. The predicted octanol–water partition coefficient (Wildman–Crippen LogP) is 2.86. The number of unbranched alkanes of at least 4 members (excludes halogenated alkanes) is 1. The maximum Gasteiger partial charge on any atom is 0.176 e. The molecule has 0 atom stereocenters. The number of hydrogen-bond acceptors (Lipinski definition) is 6. The van der Waals surface area contributed by atoms with Crippen LogP contribution in [0.25, 0.3) is 0 Å². The summed E-state index contributed by atoms with van der Waals surface area (Å²) in [7, 11) is 0. The van der Waals surface area contributed by atoms with E-state index in [0.717, 1.165) is 69.6 Å². The number of Topliss-reactive ketones (excluding diaryl/α,β-unsaturated/α-hetero) is 1. The Kier molecular flexibility index (Phi) is 13.3. The highest BCUT2D eigenvalue weighted by Gasteiger charge is 2.05. The predicted molar refractivity (Wildman–Crippen MR) is 132 cm³/mol. The van der Waals surface area contributed by atoms with Gasteiger partial charge in [0.1, 0.15) is 12.4 Å². The second-order valence-corrected chi connectivity index (χ2v) is 8.04. The maximum atomic E-state index is 12.0. The summed E-state index contributed by atoms with van der Waals surface area (Å²) in [5.41, 5.74) is 13.3. The number of hydrogen-bond donors (Lipinski definition) is 3. The van der Waals surface area contributed by atoms with E-state index in [-0.39, 0.29) is 5.78 Å². The topological polar surface area (TPSA) is 93.6 Å². The van der Waals surface area contributed by atoms with Crippen LogP contribution in [-0.2, 0) is 6.42 Å². The normalized spacial score (nSPS) is 11.1. The van der Waals surface area contributed by atoms with Gasteiger partial charge in [0.2, 0.25) is 0 Å². The van der Waals surface area contributed by atoms with E-state index >= 15 is 0 Å². The van der Waals surface area contributed by atoms with Crippen LogP contribution in [0.1, 0.15) is 41.6 Å². The van der Waals surface area contributed by atoms with Crippen LogP contribution in [0.4, 0.5) is 0 Å². The number of benzene rings is 2. The van der Waals surface area contributed by atoms with Gasteiger partial charge in [0.15, 0.2) is 5.78 Å². The van der Waals surface area contributed by atoms with Gasteiger partial charge in [-0.2, -0.15) is 0 Å². The van der Waals surface area contributed by atoms with Crippen molar-refractivity contribution in [2.45, 2.75) is 32.1 Å². The van der Waals surface area contributed by atoms with Gasteiger partial charge in [-0.15, -0.1) is 0 Å². The van der Waals surface area contributed by atoms with Crippen LogP contribution in [0, 0.1) is 0 Å². The number of carbonyl (C=O) groups is 1. The number of aryl methyl sites for hydroxylation is 1. The molecule has 32 heavy (non-hydrogen) atoms. The molecule has 0 spiro atoms. The zero-order valence-corrected chi connectivity index (χ0v) is 19.3. The molecule has 2 rings (SSSR count). The fourth-order valence-electron chi connectivity index (χ4n) is 3.52. The van der Waals surface area contributed by atoms with Gasteiger partial charge in [-0.05, 0) is 82.5 Å². The summed E-state index contributed by atoms with van der Waals surface area (Å²) in [6.45, 7) is 6.22. The fourth-order valence-corrected chi connectivity index (χ4v) is 3.52. The lowest BCUT2D eigenvalue weighted by Crippen LogP contribution is -2.32. The minimum Gasteiger partial charge on any atom is -0.492 e. The Hall–Kier alpha value is -2.25. The number of ether oxygens (including phenoxy) is 1. The van der Waals surface area contributed by atoms with Crippen LogP contribution in [-0.4, -0.2) is 63.1 Å². The smallest absolute Gasteiger partial charge is 0.176 e. The first kappa shape index (κ1) is 26.0. The van der Waals surface area contributed by atoms with E-state index in [1.165, 1.54) is 5.56 Å². The summed E-state index contributed by atoms with van der Waals surface area (Å²) in [5.74, 6) is 1.05. The molecule has 2 aromatic carbocycles. The molecule has 0 heterocycles. The van der Waals surface area contributed by atoms with Gasteiger partial charge in [-0.25, -0.2) is 0 Å². The highest BCUT2D eigenvalue weighted by Crippen LogP contribution is 2.14. The SMILES string of the molecule is NCCCN(CCCN)CCOc1ccc(CCCCNCC(=O)c2ccccc2)cc1. The van der Waals surface area contributed by atoms with E-state index < -0.39 is 0 Å². The van der Waals surface area contributed by atoms with Crippen LogP contribution >= 0.6 is 0 Å². The van der Waals surface area contributed by atoms with Crippen LogP contribution in [0.3, 0.4) is 0 Å². The van der Waals surface area contributed by atoms with Crippen molar-refractivity contribution in [1.29, 1.82) is 0 Å². The zero-order chi connectivity index (χ0) is 22.9. The molecule has 0 aliphatic heterocycles. The molecule has 0 amide bonds. The first-order valence-corrected chi connectivity index (χ1v) is 11.9. The van der Waals surface area contributed by atoms with Crippen LogP contribution in [0.5, 0.6) is 5.75 Å². The average molecular weight is 441 g/mol. The molecule has 5 N–H and O–H groups in total. The number of nitrogens with one attached hydrogen (secondary N) is 1. The highest BCUT2D eigenvalue weighted by molar-refractivity contribution is 5.97. The Bertz CT molecular complexity index is 729. The highest BCUT2D eigenvalue weighted by atomic mass is 16.5. The van der Waals surface area contributed by atoms with E-state index in [4.69, 9.17) is 16.2 Å². The lowest BCUT2D eigenvalue weighted by atomic mass is 10.1. The monoisotopic (exact) mass is 440 g/mol. The molecule has 0 bridgehead atoms. The third kappa shape index (κ3) is 10.9. The molecule has 0 unspecified atom stereocenters. The number of carbonyl (C=O) groups excluding carboxylic acids is 1. The zero-order valence-electron chi connectivity index (χ0n) is 19.3. The standard InChI is InChI=1S/C26H40N4O2/c27-15-6-18-30(19-7-16-28)20-21-32-25-13-11-23(12-14-25)8-4-5-17-29-22-26(31)24-9-2-1-3-10-24/h1-3,9-14,29H,4-8,15-22,27-28H2. The largest absolute Gasteiger partial charge is 0.492 e. The van der Waals surface area contributed by atoms with E-state index in [9.17, 15) is 4.79 Å². The Morgan fingerprint density at radius 1 is 0.844 bits per heavy atom. The first-order valence-electron chi connectivity index (χ1n) is 11.9. The maximum absolute atomic E-state index is 12.0. The quantitative estimate of drug-likeness (QED) is 0.244. The van der Waals surface area contributed by atoms with Crippen molar-refractivity contribution in [2.75, 3.05) is 52.4 Å². The third-order valence-electron chi connectivity index (χ3n) is 5.41. The van der Waals surface area contributed by atoms with Crippen molar-refractivity contribution < 1.29 is 9.53 Å². The van der Waals surface area contributed by atoms with E-state index in [2.05, 4.69) is 34.5 Å².